The molecular formula is C21H22N4O2S. The third-order valence-corrected chi connectivity index (χ3v) is 5.86. The second kappa shape index (κ2) is 8.48. The molecule has 3 aromatic rings. The minimum atomic E-state index is -0.203. The maximum atomic E-state index is 12.5. The summed E-state index contributed by atoms with van der Waals surface area (Å²) in [5, 5.41) is 24.0. The zero-order valence-corrected chi connectivity index (χ0v) is 16.3. The van der Waals surface area contributed by atoms with Crippen LogP contribution in [0.25, 0.3) is 10.8 Å². The summed E-state index contributed by atoms with van der Waals surface area (Å²) in [6.45, 7) is 0. The zero-order chi connectivity index (χ0) is 19.3. The number of nitrogens with zero attached hydrogens (tertiary/aromatic N) is 3. The Morgan fingerprint density at radius 2 is 1.93 bits per heavy atom. The van der Waals surface area contributed by atoms with Gasteiger partial charge in [0.2, 0.25) is 16.9 Å². The number of aromatic hydroxyl groups is 1. The number of thiazole rings is 1. The zero-order valence-electron chi connectivity index (χ0n) is 15.5. The lowest BCUT2D eigenvalue weighted by Crippen LogP contribution is -2.14. The van der Waals surface area contributed by atoms with Gasteiger partial charge < -0.3 is 10.4 Å². The van der Waals surface area contributed by atoms with Crippen LogP contribution in [0.15, 0.2) is 52.7 Å². The molecule has 28 heavy (non-hydrogen) atoms. The molecule has 0 spiro atoms. The largest absolute Gasteiger partial charge is 0.492 e. The second-order valence-electron chi connectivity index (χ2n) is 7.00. The Bertz CT molecular complexity index is 1000. The SMILES string of the molecule is O=C(Cc1sc(N=NC2CCCCC2)nc1O)Nc1cccc2ccccc12. The van der Waals surface area contributed by atoms with E-state index in [0.717, 1.165) is 29.3 Å². The van der Waals surface area contributed by atoms with Gasteiger partial charge in [-0.1, -0.05) is 67.0 Å². The Morgan fingerprint density at radius 3 is 2.79 bits per heavy atom. The summed E-state index contributed by atoms with van der Waals surface area (Å²) in [5.74, 6) is -0.346. The Hall–Kier alpha value is -2.80. The monoisotopic (exact) mass is 394 g/mol. The van der Waals surface area contributed by atoms with Crippen LogP contribution in [-0.2, 0) is 11.2 Å². The van der Waals surface area contributed by atoms with Crippen molar-refractivity contribution >= 4 is 38.8 Å². The van der Waals surface area contributed by atoms with Gasteiger partial charge in [0.25, 0.3) is 0 Å². The number of carbonyl (C=O) groups is 1. The van der Waals surface area contributed by atoms with Gasteiger partial charge in [0.1, 0.15) is 0 Å². The van der Waals surface area contributed by atoms with Crippen molar-refractivity contribution in [3.63, 3.8) is 0 Å². The number of amides is 1. The van der Waals surface area contributed by atoms with Crippen molar-refractivity contribution in [2.75, 3.05) is 5.32 Å². The van der Waals surface area contributed by atoms with Crippen molar-refractivity contribution in [1.29, 1.82) is 0 Å². The van der Waals surface area contributed by atoms with Crippen LogP contribution in [0.3, 0.4) is 0 Å². The molecular weight excluding hydrogens is 372 g/mol. The maximum absolute atomic E-state index is 12.5. The normalized spacial score (nSPS) is 15.3. The van der Waals surface area contributed by atoms with Gasteiger partial charge >= 0.3 is 0 Å². The number of hydrogen-bond donors (Lipinski definition) is 2. The van der Waals surface area contributed by atoms with Crippen LogP contribution in [0.1, 0.15) is 37.0 Å². The quantitative estimate of drug-likeness (QED) is 0.552. The number of nitrogens with one attached hydrogen (secondary N) is 1. The van der Waals surface area contributed by atoms with E-state index in [1.54, 1.807) is 0 Å². The third kappa shape index (κ3) is 4.36. The first-order chi connectivity index (χ1) is 13.7. The van der Waals surface area contributed by atoms with E-state index < -0.39 is 0 Å². The molecule has 2 N–H and O–H groups in total. The Balaban J connectivity index is 1.43. The van der Waals surface area contributed by atoms with Gasteiger partial charge in [-0.2, -0.15) is 10.1 Å². The first kappa shape index (κ1) is 18.6. The fourth-order valence-electron chi connectivity index (χ4n) is 3.49. The summed E-state index contributed by atoms with van der Waals surface area (Å²) < 4.78 is 0. The lowest BCUT2D eigenvalue weighted by molar-refractivity contribution is -0.115. The van der Waals surface area contributed by atoms with Crippen molar-refractivity contribution in [1.82, 2.24) is 4.98 Å². The van der Waals surface area contributed by atoms with E-state index in [4.69, 9.17) is 0 Å². The van der Waals surface area contributed by atoms with Crippen LogP contribution in [-0.4, -0.2) is 22.0 Å². The van der Waals surface area contributed by atoms with E-state index in [0.29, 0.717) is 10.0 Å². The van der Waals surface area contributed by atoms with Crippen molar-refractivity contribution in [2.45, 2.75) is 44.6 Å². The van der Waals surface area contributed by atoms with Crippen molar-refractivity contribution in [2.24, 2.45) is 10.2 Å². The Kier molecular flexibility index (Phi) is 5.62. The number of fused-ring (bicyclic) bond motifs is 1. The maximum Gasteiger partial charge on any atom is 0.233 e. The van der Waals surface area contributed by atoms with Crippen LogP contribution in [0, 0.1) is 0 Å². The van der Waals surface area contributed by atoms with Gasteiger partial charge in [-0.3, -0.25) is 4.79 Å². The van der Waals surface area contributed by atoms with Gasteiger partial charge in [-0.05, 0) is 24.3 Å². The molecule has 1 saturated carbocycles. The number of carbonyl (C=O) groups excluding carboxylic acids is 1. The fraction of sp³-hybridized carbons (Fsp3) is 0.333. The number of anilines is 1. The number of aromatic nitrogens is 1. The summed E-state index contributed by atoms with van der Waals surface area (Å²) in [6, 6.07) is 13.9. The molecule has 2 aromatic carbocycles. The van der Waals surface area contributed by atoms with E-state index in [9.17, 15) is 9.90 Å². The summed E-state index contributed by atoms with van der Waals surface area (Å²) in [5.41, 5.74) is 0.754. The van der Waals surface area contributed by atoms with E-state index in [1.807, 2.05) is 42.5 Å². The van der Waals surface area contributed by atoms with E-state index in [2.05, 4.69) is 20.5 Å². The molecule has 6 nitrogen and oxygen atoms in total. The highest BCUT2D eigenvalue weighted by atomic mass is 32.1. The lowest BCUT2D eigenvalue weighted by atomic mass is 9.96. The first-order valence-corrected chi connectivity index (χ1v) is 10.4. The molecule has 1 fully saturated rings. The predicted octanol–water partition coefficient (Wildman–Crippen LogP) is 5.60. The van der Waals surface area contributed by atoms with Crippen LogP contribution < -0.4 is 5.32 Å². The molecule has 1 aliphatic rings. The minimum absolute atomic E-state index is 0.0473. The average Bonchev–Trinajstić information content (AvgIpc) is 3.06. The van der Waals surface area contributed by atoms with Crippen LogP contribution in [0.5, 0.6) is 5.88 Å². The molecule has 0 radical (unpaired) electrons. The molecule has 0 bridgehead atoms. The summed E-state index contributed by atoms with van der Waals surface area (Å²) >= 11 is 1.21. The first-order valence-electron chi connectivity index (χ1n) is 9.56. The molecule has 1 aliphatic carbocycles. The van der Waals surface area contributed by atoms with Crippen LogP contribution in [0.2, 0.25) is 0 Å². The van der Waals surface area contributed by atoms with Crippen molar-refractivity contribution in [3.8, 4) is 5.88 Å². The van der Waals surface area contributed by atoms with E-state index in [-0.39, 0.29) is 24.2 Å². The molecule has 144 valence electrons. The molecule has 0 unspecified atom stereocenters. The molecule has 0 atom stereocenters. The number of benzene rings is 2. The standard InChI is InChI=1S/C21H22N4O2S/c26-19(22-17-12-6-8-14-7-4-5-11-16(14)17)13-18-20(27)23-21(28-18)25-24-15-9-2-1-3-10-15/h4-8,11-12,15,27H,1-3,9-10,13H2,(H,22,26). The summed E-state index contributed by atoms with van der Waals surface area (Å²) in [7, 11) is 0. The minimum Gasteiger partial charge on any atom is -0.492 e. The van der Waals surface area contributed by atoms with Gasteiger partial charge in [-0.15, -0.1) is 5.11 Å². The molecule has 4 rings (SSSR count). The molecule has 1 heterocycles. The average molecular weight is 395 g/mol. The van der Waals surface area contributed by atoms with E-state index in [1.165, 1.54) is 30.6 Å². The highest BCUT2D eigenvalue weighted by Gasteiger charge is 2.16. The highest BCUT2D eigenvalue weighted by Crippen LogP contribution is 2.32. The topological polar surface area (TPSA) is 86.9 Å². The molecule has 1 amide bonds. The molecule has 0 saturated heterocycles. The van der Waals surface area contributed by atoms with Crippen LogP contribution >= 0.6 is 11.3 Å². The van der Waals surface area contributed by atoms with Gasteiger partial charge in [0.05, 0.1) is 17.3 Å². The summed E-state index contributed by atoms with van der Waals surface area (Å²) in [6.07, 6.45) is 5.80. The van der Waals surface area contributed by atoms with Crippen LogP contribution in [0.4, 0.5) is 10.8 Å². The van der Waals surface area contributed by atoms with E-state index >= 15 is 0 Å². The molecule has 1 aromatic heterocycles. The summed E-state index contributed by atoms with van der Waals surface area (Å²) in [4.78, 5) is 17.0. The predicted molar refractivity (Wildman–Crippen MR) is 111 cm³/mol. The smallest absolute Gasteiger partial charge is 0.233 e. The van der Waals surface area contributed by atoms with Gasteiger partial charge in [0.15, 0.2) is 0 Å². The molecule has 0 aliphatic heterocycles. The van der Waals surface area contributed by atoms with Crippen molar-refractivity contribution < 1.29 is 9.90 Å². The Labute approximate surface area is 167 Å². The number of rotatable bonds is 5. The number of azo groups is 1. The lowest BCUT2D eigenvalue weighted by Gasteiger charge is -2.15. The van der Waals surface area contributed by atoms with Crippen molar-refractivity contribution in [3.05, 3.63) is 47.3 Å². The second-order valence-corrected chi connectivity index (χ2v) is 8.06. The Morgan fingerprint density at radius 1 is 1.14 bits per heavy atom. The van der Waals surface area contributed by atoms with Gasteiger partial charge in [-0.25, -0.2) is 0 Å². The highest BCUT2D eigenvalue weighted by molar-refractivity contribution is 7.15. The number of hydrogen-bond acceptors (Lipinski definition) is 6. The third-order valence-electron chi connectivity index (χ3n) is 4.93. The molecule has 7 heteroatoms. The fourth-order valence-corrected chi connectivity index (χ4v) is 4.27. The van der Waals surface area contributed by atoms with Gasteiger partial charge in [0, 0.05) is 11.1 Å².